The van der Waals surface area contributed by atoms with Crippen LogP contribution in [0.15, 0.2) is 0 Å². The van der Waals surface area contributed by atoms with Gasteiger partial charge in [0.1, 0.15) is 0 Å². The van der Waals surface area contributed by atoms with Crippen LogP contribution in [-0.4, -0.2) is 72.5 Å². The normalized spacial score (nSPS) is 33.3. The molecule has 0 aromatic carbocycles. The van der Waals surface area contributed by atoms with Gasteiger partial charge in [0.25, 0.3) is 0 Å². The highest BCUT2D eigenvalue weighted by molar-refractivity contribution is 4.87. The Morgan fingerprint density at radius 2 is 1.95 bits per heavy atom. The molecule has 0 spiro atoms. The summed E-state index contributed by atoms with van der Waals surface area (Å²) in [6.45, 7) is 18.4. The summed E-state index contributed by atoms with van der Waals surface area (Å²) in [6, 6.07) is 1.72. The van der Waals surface area contributed by atoms with E-state index >= 15 is 0 Å². The van der Waals surface area contributed by atoms with Crippen molar-refractivity contribution >= 4 is 0 Å². The lowest BCUT2D eigenvalue weighted by molar-refractivity contribution is -0.107. The van der Waals surface area contributed by atoms with Crippen molar-refractivity contribution in [3.05, 3.63) is 0 Å². The maximum absolute atomic E-state index is 5.92. The maximum Gasteiger partial charge on any atom is 0.0753 e. The zero-order valence-electron chi connectivity index (χ0n) is 14.8. The SMILES string of the molecule is CC(CC1CO[C@H](C)CN1C(C)C)N1CCOC(C)(C)C1. The van der Waals surface area contributed by atoms with Crippen LogP contribution in [-0.2, 0) is 9.47 Å². The Hall–Kier alpha value is -0.160. The van der Waals surface area contributed by atoms with Gasteiger partial charge in [-0.15, -0.1) is 0 Å². The average Bonchev–Trinajstić information content (AvgIpc) is 2.39. The van der Waals surface area contributed by atoms with E-state index in [-0.39, 0.29) is 5.60 Å². The zero-order valence-corrected chi connectivity index (χ0v) is 14.8. The molecular formula is C17H34N2O2. The molecule has 4 heteroatoms. The highest BCUT2D eigenvalue weighted by atomic mass is 16.5. The van der Waals surface area contributed by atoms with Crippen LogP contribution < -0.4 is 0 Å². The predicted octanol–water partition coefficient (Wildman–Crippen LogP) is 2.37. The highest BCUT2D eigenvalue weighted by Crippen LogP contribution is 2.24. The van der Waals surface area contributed by atoms with Gasteiger partial charge < -0.3 is 9.47 Å². The predicted molar refractivity (Wildman–Crippen MR) is 86.7 cm³/mol. The van der Waals surface area contributed by atoms with E-state index in [9.17, 15) is 0 Å². The molecule has 0 bridgehead atoms. The van der Waals surface area contributed by atoms with E-state index in [1.54, 1.807) is 0 Å². The van der Waals surface area contributed by atoms with Crippen LogP contribution in [0.2, 0.25) is 0 Å². The largest absolute Gasteiger partial charge is 0.376 e. The minimum atomic E-state index is -0.0121. The maximum atomic E-state index is 5.92. The molecule has 2 fully saturated rings. The lowest BCUT2D eigenvalue weighted by Gasteiger charge is -2.45. The van der Waals surface area contributed by atoms with E-state index in [0.717, 1.165) is 32.8 Å². The fourth-order valence-electron chi connectivity index (χ4n) is 3.68. The Bertz CT molecular complexity index is 333. The summed E-state index contributed by atoms with van der Waals surface area (Å²) in [5.74, 6) is 0. The van der Waals surface area contributed by atoms with E-state index < -0.39 is 0 Å². The van der Waals surface area contributed by atoms with Gasteiger partial charge in [-0.05, 0) is 48.0 Å². The average molecular weight is 298 g/mol. The first kappa shape index (κ1) is 17.2. The Morgan fingerprint density at radius 1 is 1.24 bits per heavy atom. The second-order valence-electron chi connectivity index (χ2n) is 7.75. The number of morpholine rings is 2. The van der Waals surface area contributed by atoms with Crippen LogP contribution in [0.3, 0.4) is 0 Å². The standard InChI is InChI=1S/C17H34N2O2/c1-13(2)19-10-15(4)20-11-16(19)9-14(3)18-7-8-21-17(5,6)12-18/h13-16H,7-12H2,1-6H3/t14?,15-,16?/m1/s1. The smallest absolute Gasteiger partial charge is 0.0753 e. The van der Waals surface area contributed by atoms with Crippen LogP contribution in [0.4, 0.5) is 0 Å². The molecule has 0 aromatic heterocycles. The van der Waals surface area contributed by atoms with Gasteiger partial charge in [-0.25, -0.2) is 0 Å². The van der Waals surface area contributed by atoms with E-state index in [2.05, 4.69) is 51.3 Å². The molecule has 0 amide bonds. The third kappa shape index (κ3) is 4.65. The Balaban J connectivity index is 1.92. The van der Waals surface area contributed by atoms with Gasteiger partial charge in [0.15, 0.2) is 0 Å². The van der Waals surface area contributed by atoms with E-state index in [4.69, 9.17) is 9.47 Å². The van der Waals surface area contributed by atoms with Gasteiger partial charge in [0, 0.05) is 37.8 Å². The molecule has 0 aromatic rings. The summed E-state index contributed by atoms with van der Waals surface area (Å²) < 4.78 is 11.7. The summed E-state index contributed by atoms with van der Waals surface area (Å²) in [5.41, 5.74) is -0.0121. The van der Waals surface area contributed by atoms with Crippen molar-refractivity contribution in [2.45, 2.75) is 77.8 Å². The summed E-state index contributed by atoms with van der Waals surface area (Å²) in [7, 11) is 0. The summed E-state index contributed by atoms with van der Waals surface area (Å²) in [5, 5.41) is 0. The molecule has 124 valence electrons. The number of ether oxygens (including phenoxy) is 2. The topological polar surface area (TPSA) is 24.9 Å². The first-order valence-electron chi connectivity index (χ1n) is 8.54. The Morgan fingerprint density at radius 3 is 2.57 bits per heavy atom. The molecule has 2 aliphatic heterocycles. The third-order valence-corrected chi connectivity index (χ3v) is 4.87. The molecular weight excluding hydrogens is 264 g/mol. The van der Waals surface area contributed by atoms with Crippen LogP contribution in [0, 0.1) is 0 Å². The van der Waals surface area contributed by atoms with Crippen LogP contribution in [0.25, 0.3) is 0 Å². The fraction of sp³-hybridized carbons (Fsp3) is 1.00. The van der Waals surface area contributed by atoms with Crippen molar-refractivity contribution in [1.29, 1.82) is 0 Å². The number of hydrogen-bond acceptors (Lipinski definition) is 4. The summed E-state index contributed by atoms with van der Waals surface area (Å²) in [4.78, 5) is 5.20. The molecule has 2 unspecified atom stereocenters. The Kier molecular flexibility index (Phi) is 5.69. The fourth-order valence-corrected chi connectivity index (χ4v) is 3.68. The summed E-state index contributed by atoms with van der Waals surface area (Å²) >= 11 is 0. The van der Waals surface area contributed by atoms with E-state index in [0.29, 0.717) is 24.2 Å². The van der Waals surface area contributed by atoms with Gasteiger partial charge in [-0.1, -0.05) is 0 Å². The van der Waals surface area contributed by atoms with Gasteiger partial charge in [-0.3, -0.25) is 9.80 Å². The van der Waals surface area contributed by atoms with Crippen molar-refractivity contribution in [3.8, 4) is 0 Å². The molecule has 2 heterocycles. The first-order valence-corrected chi connectivity index (χ1v) is 8.54. The molecule has 0 aliphatic carbocycles. The number of hydrogen-bond donors (Lipinski definition) is 0. The van der Waals surface area contributed by atoms with E-state index in [1.165, 1.54) is 6.42 Å². The molecule has 0 N–H and O–H groups in total. The molecule has 0 radical (unpaired) electrons. The second kappa shape index (κ2) is 6.95. The Labute approximate surface area is 130 Å². The first-order chi connectivity index (χ1) is 9.78. The molecule has 4 nitrogen and oxygen atoms in total. The van der Waals surface area contributed by atoms with E-state index in [1.807, 2.05) is 0 Å². The van der Waals surface area contributed by atoms with Crippen LogP contribution >= 0.6 is 0 Å². The van der Waals surface area contributed by atoms with Crippen LogP contribution in [0.5, 0.6) is 0 Å². The zero-order chi connectivity index (χ0) is 15.6. The summed E-state index contributed by atoms with van der Waals surface area (Å²) in [6.07, 6.45) is 1.54. The quantitative estimate of drug-likeness (QED) is 0.795. The number of nitrogens with zero attached hydrogens (tertiary/aromatic N) is 2. The molecule has 2 rings (SSSR count). The lowest BCUT2D eigenvalue weighted by atomic mass is 9.99. The van der Waals surface area contributed by atoms with Crippen molar-refractivity contribution < 1.29 is 9.47 Å². The lowest BCUT2D eigenvalue weighted by Crippen LogP contribution is -2.56. The van der Waals surface area contributed by atoms with Crippen LogP contribution in [0.1, 0.15) is 48.0 Å². The van der Waals surface area contributed by atoms with Gasteiger partial charge >= 0.3 is 0 Å². The third-order valence-electron chi connectivity index (χ3n) is 4.87. The minimum Gasteiger partial charge on any atom is -0.376 e. The second-order valence-corrected chi connectivity index (χ2v) is 7.75. The van der Waals surface area contributed by atoms with Gasteiger partial charge in [0.2, 0.25) is 0 Å². The molecule has 3 atom stereocenters. The minimum absolute atomic E-state index is 0.0121. The van der Waals surface area contributed by atoms with Gasteiger partial charge in [-0.2, -0.15) is 0 Å². The van der Waals surface area contributed by atoms with Crippen molar-refractivity contribution in [2.75, 3.05) is 32.8 Å². The molecule has 21 heavy (non-hydrogen) atoms. The molecule has 0 saturated carbocycles. The van der Waals surface area contributed by atoms with Crippen molar-refractivity contribution in [3.63, 3.8) is 0 Å². The van der Waals surface area contributed by atoms with Crippen molar-refractivity contribution in [2.24, 2.45) is 0 Å². The molecule has 2 aliphatic rings. The molecule has 2 saturated heterocycles. The number of rotatable bonds is 4. The highest BCUT2D eigenvalue weighted by Gasteiger charge is 2.34. The monoisotopic (exact) mass is 298 g/mol. The van der Waals surface area contributed by atoms with Gasteiger partial charge in [0.05, 0.1) is 24.9 Å². The van der Waals surface area contributed by atoms with Crippen molar-refractivity contribution in [1.82, 2.24) is 9.80 Å².